The third kappa shape index (κ3) is 5.12. The maximum atomic E-state index is 9.62. The first kappa shape index (κ1) is 15.1. The molecule has 0 saturated carbocycles. The molecule has 0 heterocycles. The Morgan fingerprint density at radius 2 is 1.44 bits per heavy atom. The molecule has 0 bridgehead atoms. The van der Waals surface area contributed by atoms with E-state index in [1.807, 2.05) is 13.0 Å². The minimum atomic E-state index is 0.427. The van der Waals surface area contributed by atoms with Crippen LogP contribution < -0.4 is 0 Å². The number of hydrogen-bond acceptors (Lipinski definition) is 1. The highest BCUT2D eigenvalue weighted by atomic mass is 16.3. The van der Waals surface area contributed by atoms with Gasteiger partial charge >= 0.3 is 0 Å². The van der Waals surface area contributed by atoms with E-state index in [4.69, 9.17) is 0 Å². The van der Waals surface area contributed by atoms with Crippen molar-refractivity contribution in [1.82, 2.24) is 0 Å². The molecule has 1 N–H and O–H groups in total. The van der Waals surface area contributed by atoms with E-state index in [-0.39, 0.29) is 0 Å². The standard InChI is InChI=1S/C17H28O/c1-4-5-6-7-8-9-10-11-16-12-15(3)17(18)13-14(16)2/h12-13,18H,4-11H2,1-3H3. The first-order valence-electron chi connectivity index (χ1n) is 7.44. The lowest BCUT2D eigenvalue weighted by Gasteiger charge is -2.09. The number of rotatable bonds is 8. The van der Waals surface area contributed by atoms with Crippen molar-refractivity contribution in [3.05, 3.63) is 28.8 Å². The zero-order chi connectivity index (χ0) is 13.4. The molecule has 18 heavy (non-hydrogen) atoms. The molecule has 1 nitrogen and oxygen atoms in total. The van der Waals surface area contributed by atoms with Crippen molar-refractivity contribution in [3.8, 4) is 5.75 Å². The average Bonchev–Trinajstić information content (AvgIpc) is 2.34. The monoisotopic (exact) mass is 248 g/mol. The Bertz CT molecular complexity index is 355. The fourth-order valence-electron chi connectivity index (χ4n) is 2.40. The molecule has 1 aromatic carbocycles. The van der Waals surface area contributed by atoms with E-state index in [1.54, 1.807) is 0 Å². The van der Waals surface area contributed by atoms with Crippen LogP contribution in [0.5, 0.6) is 5.75 Å². The molecule has 0 aliphatic rings. The molecule has 0 aliphatic heterocycles. The number of hydrogen-bond donors (Lipinski definition) is 1. The van der Waals surface area contributed by atoms with Crippen molar-refractivity contribution < 1.29 is 5.11 Å². The smallest absolute Gasteiger partial charge is 0.118 e. The molecule has 0 unspecified atom stereocenters. The summed E-state index contributed by atoms with van der Waals surface area (Å²) >= 11 is 0. The van der Waals surface area contributed by atoms with E-state index >= 15 is 0 Å². The Kier molecular flexibility index (Phi) is 6.85. The van der Waals surface area contributed by atoms with E-state index in [0.29, 0.717) is 5.75 Å². The Hall–Kier alpha value is -0.980. The van der Waals surface area contributed by atoms with Crippen LogP contribution in [0.1, 0.15) is 68.6 Å². The minimum Gasteiger partial charge on any atom is -0.508 e. The van der Waals surface area contributed by atoms with Crippen LogP contribution in [-0.2, 0) is 6.42 Å². The van der Waals surface area contributed by atoms with Crippen molar-refractivity contribution in [2.45, 2.75) is 72.1 Å². The topological polar surface area (TPSA) is 20.2 Å². The largest absolute Gasteiger partial charge is 0.508 e. The van der Waals surface area contributed by atoms with Crippen LogP contribution >= 0.6 is 0 Å². The molecule has 1 aromatic rings. The Morgan fingerprint density at radius 3 is 2.11 bits per heavy atom. The number of phenols is 1. The average molecular weight is 248 g/mol. The van der Waals surface area contributed by atoms with Gasteiger partial charge in [0.05, 0.1) is 0 Å². The fraction of sp³-hybridized carbons (Fsp3) is 0.647. The van der Waals surface area contributed by atoms with E-state index in [0.717, 1.165) is 12.0 Å². The second kappa shape index (κ2) is 8.18. The third-order valence-electron chi connectivity index (χ3n) is 3.70. The maximum Gasteiger partial charge on any atom is 0.118 e. The minimum absolute atomic E-state index is 0.427. The fourth-order valence-corrected chi connectivity index (χ4v) is 2.40. The second-order valence-electron chi connectivity index (χ2n) is 5.44. The molecular formula is C17H28O. The van der Waals surface area contributed by atoms with Gasteiger partial charge in [-0.3, -0.25) is 0 Å². The number of aryl methyl sites for hydroxylation is 3. The Morgan fingerprint density at radius 1 is 0.833 bits per heavy atom. The molecule has 0 fully saturated rings. The summed E-state index contributed by atoms with van der Waals surface area (Å²) in [5.74, 6) is 0.427. The summed E-state index contributed by atoms with van der Waals surface area (Å²) < 4.78 is 0. The molecule has 0 aromatic heterocycles. The summed E-state index contributed by atoms with van der Waals surface area (Å²) in [5, 5.41) is 9.62. The number of aromatic hydroxyl groups is 1. The zero-order valence-electron chi connectivity index (χ0n) is 12.3. The van der Waals surface area contributed by atoms with Gasteiger partial charge in [-0.1, -0.05) is 51.5 Å². The van der Waals surface area contributed by atoms with Crippen molar-refractivity contribution in [1.29, 1.82) is 0 Å². The zero-order valence-corrected chi connectivity index (χ0v) is 12.3. The highest BCUT2D eigenvalue weighted by Gasteiger charge is 2.03. The van der Waals surface area contributed by atoms with Gasteiger partial charge < -0.3 is 5.11 Å². The van der Waals surface area contributed by atoms with E-state index < -0.39 is 0 Å². The SMILES string of the molecule is CCCCCCCCCc1cc(C)c(O)cc1C. The van der Waals surface area contributed by atoms with Crippen molar-refractivity contribution >= 4 is 0 Å². The molecule has 0 amide bonds. The predicted molar refractivity (Wildman–Crippen MR) is 79.3 cm³/mol. The summed E-state index contributed by atoms with van der Waals surface area (Å²) in [6, 6.07) is 4.04. The molecule has 0 saturated heterocycles. The maximum absolute atomic E-state index is 9.62. The first-order chi connectivity index (χ1) is 8.65. The van der Waals surface area contributed by atoms with Crippen molar-refractivity contribution in [2.75, 3.05) is 0 Å². The normalized spacial score (nSPS) is 10.8. The summed E-state index contributed by atoms with van der Waals surface area (Å²) in [5.41, 5.74) is 3.63. The summed E-state index contributed by atoms with van der Waals surface area (Å²) in [6.45, 7) is 6.33. The molecule has 0 radical (unpaired) electrons. The number of unbranched alkanes of at least 4 members (excludes halogenated alkanes) is 6. The molecule has 0 spiro atoms. The highest BCUT2D eigenvalue weighted by molar-refractivity contribution is 5.40. The van der Waals surface area contributed by atoms with Crippen LogP contribution in [0, 0.1) is 13.8 Å². The van der Waals surface area contributed by atoms with E-state index in [2.05, 4.69) is 19.9 Å². The van der Waals surface area contributed by atoms with Gasteiger partial charge in [0.15, 0.2) is 0 Å². The van der Waals surface area contributed by atoms with Crippen LogP contribution in [0.25, 0.3) is 0 Å². The quantitative estimate of drug-likeness (QED) is 0.619. The van der Waals surface area contributed by atoms with Crippen molar-refractivity contribution in [3.63, 3.8) is 0 Å². The third-order valence-corrected chi connectivity index (χ3v) is 3.70. The molecule has 0 aliphatic carbocycles. The molecule has 102 valence electrons. The van der Waals surface area contributed by atoms with E-state index in [9.17, 15) is 5.11 Å². The van der Waals surface area contributed by atoms with Crippen LogP contribution in [0.15, 0.2) is 12.1 Å². The van der Waals surface area contributed by atoms with Gasteiger partial charge in [0, 0.05) is 0 Å². The lowest BCUT2D eigenvalue weighted by atomic mass is 9.98. The molecular weight excluding hydrogens is 220 g/mol. The first-order valence-corrected chi connectivity index (χ1v) is 7.44. The van der Waals surface area contributed by atoms with Gasteiger partial charge in [-0.2, -0.15) is 0 Å². The summed E-state index contributed by atoms with van der Waals surface area (Å²) in [6.07, 6.45) is 10.6. The molecule has 0 atom stereocenters. The van der Waals surface area contributed by atoms with E-state index in [1.165, 1.54) is 56.1 Å². The Balaban J connectivity index is 2.25. The number of benzene rings is 1. The van der Waals surface area contributed by atoms with Gasteiger partial charge in [-0.05, 0) is 49.4 Å². The van der Waals surface area contributed by atoms with Gasteiger partial charge in [0.1, 0.15) is 5.75 Å². The lowest BCUT2D eigenvalue weighted by Crippen LogP contribution is -1.92. The van der Waals surface area contributed by atoms with Crippen molar-refractivity contribution in [2.24, 2.45) is 0 Å². The summed E-state index contributed by atoms with van der Waals surface area (Å²) in [4.78, 5) is 0. The van der Waals surface area contributed by atoms with Gasteiger partial charge in [0.2, 0.25) is 0 Å². The number of phenolic OH excluding ortho intramolecular Hbond substituents is 1. The molecule has 1 rings (SSSR count). The van der Waals surface area contributed by atoms with Gasteiger partial charge in [0.25, 0.3) is 0 Å². The second-order valence-corrected chi connectivity index (χ2v) is 5.44. The van der Waals surface area contributed by atoms with Crippen LogP contribution in [0.3, 0.4) is 0 Å². The van der Waals surface area contributed by atoms with Gasteiger partial charge in [-0.15, -0.1) is 0 Å². The van der Waals surface area contributed by atoms with Crippen LogP contribution in [0.2, 0.25) is 0 Å². The predicted octanol–water partition coefficient (Wildman–Crippen LogP) is 5.30. The lowest BCUT2D eigenvalue weighted by molar-refractivity contribution is 0.470. The molecule has 1 heteroatoms. The van der Waals surface area contributed by atoms with Crippen LogP contribution in [-0.4, -0.2) is 5.11 Å². The van der Waals surface area contributed by atoms with Gasteiger partial charge in [-0.25, -0.2) is 0 Å². The van der Waals surface area contributed by atoms with Crippen LogP contribution in [0.4, 0.5) is 0 Å². The highest BCUT2D eigenvalue weighted by Crippen LogP contribution is 2.22. The Labute approximate surface area is 112 Å². The summed E-state index contributed by atoms with van der Waals surface area (Å²) in [7, 11) is 0.